The molecular weight excluding hydrogens is 380 g/mol. The maximum absolute atomic E-state index is 12.6. The van der Waals surface area contributed by atoms with Gasteiger partial charge in [-0.1, -0.05) is 24.3 Å². The van der Waals surface area contributed by atoms with Gasteiger partial charge in [0, 0.05) is 18.8 Å². The van der Waals surface area contributed by atoms with Crippen molar-refractivity contribution in [3.8, 4) is 0 Å². The molecule has 0 atom stereocenters. The fourth-order valence-corrected chi connectivity index (χ4v) is 3.21. The third-order valence-electron chi connectivity index (χ3n) is 3.90. The highest BCUT2D eigenvalue weighted by atomic mass is 32.1. The average molecular weight is 396 g/mol. The summed E-state index contributed by atoms with van der Waals surface area (Å²) >= 11 is 1.27. The Balaban J connectivity index is 1.64. The SMILES string of the molecule is Cn1cccc1C(=O)NC(=O)COC(=O)c1ccccc1C(=O)c1cccs1. The molecule has 2 aromatic heterocycles. The number of amides is 2. The van der Waals surface area contributed by atoms with Crippen LogP contribution in [0.4, 0.5) is 0 Å². The number of aromatic nitrogens is 1. The Kier molecular flexibility index (Phi) is 5.81. The summed E-state index contributed by atoms with van der Waals surface area (Å²) in [4.78, 5) is 49.3. The Morgan fingerprint density at radius 1 is 1.00 bits per heavy atom. The Morgan fingerprint density at radius 3 is 2.39 bits per heavy atom. The van der Waals surface area contributed by atoms with Gasteiger partial charge in [0.1, 0.15) is 5.69 Å². The first-order valence-corrected chi connectivity index (χ1v) is 9.15. The van der Waals surface area contributed by atoms with Crippen molar-refractivity contribution in [3.05, 3.63) is 81.8 Å². The number of aryl methyl sites for hydroxylation is 1. The monoisotopic (exact) mass is 396 g/mol. The lowest BCUT2D eigenvalue weighted by Gasteiger charge is -2.09. The number of thiophene rings is 1. The second-order valence-corrected chi connectivity index (χ2v) is 6.76. The van der Waals surface area contributed by atoms with Crippen LogP contribution in [0.3, 0.4) is 0 Å². The van der Waals surface area contributed by atoms with Crippen LogP contribution in [-0.4, -0.2) is 34.7 Å². The number of benzene rings is 1. The Labute approximate surface area is 164 Å². The van der Waals surface area contributed by atoms with E-state index in [1.807, 2.05) is 0 Å². The van der Waals surface area contributed by atoms with Crippen LogP contribution in [0.1, 0.15) is 36.1 Å². The zero-order valence-corrected chi connectivity index (χ0v) is 15.7. The topological polar surface area (TPSA) is 94.5 Å². The number of nitrogens with one attached hydrogen (secondary N) is 1. The van der Waals surface area contributed by atoms with Crippen LogP contribution in [-0.2, 0) is 16.6 Å². The molecule has 0 aliphatic heterocycles. The van der Waals surface area contributed by atoms with Gasteiger partial charge >= 0.3 is 5.97 Å². The highest BCUT2D eigenvalue weighted by molar-refractivity contribution is 7.12. The maximum Gasteiger partial charge on any atom is 0.339 e. The van der Waals surface area contributed by atoms with E-state index in [0.29, 0.717) is 10.6 Å². The number of nitrogens with zero attached hydrogens (tertiary/aromatic N) is 1. The van der Waals surface area contributed by atoms with Crippen molar-refractivity contribution >= 4 is 34.9 Å². The number of esters is 1. The minimum Gasteiger partial charge on any atom is -0.452 e. The zero-order chi connectivity index (χ0) is 20.1. The number of hydrogen-bond acceptors (Lipinski definition) is 6. The van der Waals surface area contributed by atoms with Gasteiger partial charge < -0.3 is 9.30 Å². The van der Waals surface area contributed by atoms with Crippen LogP contribution in [0.25, 0.3) is 0 Å². The Bertz CT molecular complexity index is 1040. The first-order valence-electron chi connectivity index (χ1n) is 8.27. The molecule has 0 bridgehead atoms. The van der Waals surface area contributed by atoms with Gasteiger partial charge in [0.2, 0.25) is 5.78 Å². The van der Waals surface area contributed by atoms with Crippen molar-refractivity contribution in [1.82, 2.24) is 9.88 Å². The predicted octanol–water partition coefficient (Wildman–Crippen LogP) is 2.43. The third-order valence-corrected chi connectivity index (χ3v) is 4.77. The molecule has 0 aliphatic carbocycles. The number of rotatable bonds is 6. The summed E-state index contributed by atoms with van der Waals surface area (Å²) in [5, 5.41) is 3.91. The molecule has 7 nitrogen and oxygen atoms in total. The Hall–Kier alpha value is -3.52. The van der Waals surface area contributed by atoms with E-state index in [1.165, 1.54) is 23.5 Å². The largest absolute Gasteiger partial charge is 0.452 e. The quantitative estimate of drug-likeness (QED) is 0.510. The molecule has 0 radical (unpaired) electrons. The molecule has 1 aromatic carbocycles. The second-order valence-electron chi connectivity index (χ2n) is 5.81. The molecule has 1 N–H and O–H groups in total. The molecule has 0 aliphatic rings. The Morgan fingerprint density at radius 2 is 1.75 bits per heavy atom. The van der Waals surface area contributed by atoms with E-state index in [4.69, 9.17) is 4.74 Å². The number of ketones is 1. The van der Waals surface area contributed by atoms with E-state index < -0.39 is 24.4 Å². The van der Waals surface area contributed by atoms with Crippen molar-refractivity contribution in [2.45, 2.75) is 0 Å². The fourth-order valence-electron chi connectivity index (χ4n) is 2.53. The number of carbonyl (C=O) groups excluding carboxylic acids is 4. The van der Waals surface area contributed by atoms with Gasteiger partial charge in [0.05, 0.1) is 10.4 Å². The van der Waals surface area contributed by atoms with E-state index in [9.17, 15) is 19.2 Å². The van der Waals surface area contributed by atoms with Crippen molar-refractivity contribution in [2.24, 2.45) is 7.05 Å². The van der Waals surface area contributed by atoms with Crippen molar-refractivity contribution in [3.63, 3.8) is 0 Å². The summed E-state index contributed by atoms with van der Waals surface area (Å²) in [7, 11) is 1.67. The maximum atomic E-state index is 12.6. The third kappa shape index (κ3) is 4.24. The summed E-state index contributed by atoms with van der Waals surface area (Å²) in [5.74, 6) is -2.48. The lowest BCUT2D eigenvalue weighted by atomic mass is 10.0. The standard InChI is InChI=1S/C20H16N2O5S/c1-22-10-4-8-15(22)19(25)21-17(23)12-27-20(26)14-7-3-2-6-13(14)18(24)16-9-5-11-28-16/h2-11H,12H2,1H3,(H,21,23,25). The molecule has 8 heteroatoms. The molecular formula is C20H16N2O5S. The molecule has 0 saturated carbocycles. The lowest BCUT2D eigenvalue weighted by Crippen LogP contribution is -2.35. The number of imide groups is 1. The van der Waals surface area contributed by atoms with Gasteiger partial charge in [-0.05, 0) is 29.6 Å². The van der Waals surface area contributed by atoms with Crippen LogP contribution in [0.2, 0.25) is 0 Å². The number of ether oxygens (including phenoxy) is 1. The predicted molar refractivity (Wildman–Crippen MR) is 102 cm³/mol. The zero-order valence-electron chi connectivity index (χ0n) is 14.9. The smallest absolute Gasteiger partial charge is 0.339 e. The first-order chi connectivity index (χ1) is 13.5. The summed E-state index contributed by atoms with van der Waals surface area (Å²) in [6, 6.07) is 12.9. The van der Waals surface area contributed by atoms with Gasteiger partial charge in [-0.3, -0.25) is 19.7 Å². The summed E-state index contributed by atoms with van der Waals surface area (Å²) < 4.78 is 6.54. The second kappa shape index (κ2) is 8.45. The fraction of sp³-hybridized carbons (Fsp3) is 0.100. The van der Waals surface area contributed by atoms with Crippen LogP contribution in [0.5, 0.6) is 0 Å². The molecule has 28 heavy (non-hydrogen) atoms. The molecule has 142 valence electrons. The van der Waals surface area contributed by atoms with E-state index in [-0.39, 0.29) is 16.9 Å². The van der Waals surface area contributed by atoms with E-state index in [2.05, 4.69) is 5.32 Å². The number of hydrogen-bond donors (Lipinski definition) is 1. The van der Waals surface area contributed by atoms with Gasteiger partial charge in [-0.2, -0.15) is 0 Å². The highest BCUT2D eigenvalue weighted by Crippen LogP contribution is 2.19. The van der Waals surface area contributed by atoms with Gasteiger partial charge in [-0.25, -0.2) is 4.79 Å². The van der Waals surface area contributed by atoms with E-state index in [0.717, 1.165) is 0 Å². The summed E-state index contributed by atoms with van der Waals surface area (Å²) in [5.41, 5.74) is 0.546. The van der Waals surface area contributed by atoms with Crippen LogP contribution in [0, 0.1) is 0 Å². The van der Waals surface area contributed by atoms with Crippen LogP contribution >= 0.6 is 11.3 Å². The van der Waals surface area contributed by atoms with E-state index >= 15 is 0 Å². The molecule has 2 heterocycles. The molecule has 0 spiro atoms. The van der Waals surface area contributed by atoms with Gasteiger partial charge in [0.15, 0.2) is 6.61 Å². The molecule has 2 amide bonds. The summed E-state index contributed by atoms with van der Waals surface area (Å²) in [6.45, 7) is -0.642. The molecule has 0 unspecified atom stereocenters. The minimum absolute atomic E-state index is 0.0578. The molecule has 3 rings (SSSR count). The van der Waals surface area contributed by atoms with Crippen LogP contribution in [0.15, 0.2) is 60.1 Å². The summed E-state index contributed by atoms with van der Waals surface area (Å²) in [6.07, 6.45) is 1.67. The molecule has 3 aromatic rings. The lowest BCUT2D eigenvalue weighted by molar-refractivity contribution is -0.123. The van der Waals surface area contributed by atoms with Crippen molar-refractivity contribution in [1.29, 1.82) is 0 Å². The van der Waals surface area contributed by atoms with E-state index in [1.54, 1.807) is 59.6 Å². The average Bonchev–Trinajstić information content (AvgIpc) is 3.37. The molecule has 0 saturated heterocycles. The van der Waals surface area contributed by atoms with Gasteiger partial charge in [0.25, 0.3) is 11.8 Å². The van der Waals surface area contributed by atoms with Gasteiger partial charge in [-0.15, -0.1) is 11.3 Å². The minimum atomic E-state index is -0.818. The normalized spacial score (nSPS) is 10.3. The first kappa shape index (κ1) is 19.2. The van der Waals surface area contributed by atoms with Crippen molar-refractivity contribution in [2.75, 3.05) is 6.61 Å². The molecule has 0 fully saturated rings. The highest BCUT2D eigenvalue weighted by Gasteiger charge is 2.21. The van der Waals surface area contributed by atoms with Crippen LogP contribution < -0.4 is 5.32 Å². The van der Waals surface area contributed by atoms with Crippen molar-refractivity contribution < 1.29 is 23.9 Å². The number of carbonyl (C=O) groups is 4.